The van der Waals surface area contributed by atoms with E-state index in [0.29, 0.717) is 10.7 Å². The first-order valence-corrected chi connectivity index (χ1v) is 6.60. The highest BCUT2D eigenvalue weighted by molar-refractivity contribution is 9.10. The molecule has 0 saturated carbocycles. The Morgan fingerprint density at radius 2 is 2.11 bits per heavy atom. The Hall–Kier alpha value is -1.53. The van der Waals surface area contributed by atoms with E-state index in [4.69, 9.17) is 10.8 Å². The number of nitrogens with zero attached hydrogens (tertiary/aromatic N) is 1. The van der Waals surface area contributed by atoms with Crippen molar-refractivity contribution in [3.8, 4) is 0 Å². The maximum Gasteiger partial charge on any atom is 0.337 e. The molecule has 1 aromatic heterocycles. The molecule has 1 aromatic carbocycles. The molecule has 6 heteroatoms. The SMILES string of the molecule is Nc1cc(C(=O)O)cnc1Sc1ccccc1Br. The summed E-state index contributed by atoms with van der Waals surface area (Å²) in [4.78, 5) is 15.8. The number of nitrogens with two attached hydrogens (primary N) is 1. The molecule has 2 aromatic rings. The number of halogens is 1. The van der Waals surface area contributed by atoms with Gasteiger partial charge in [0.2, 0.25) is 0 Å². The maximum atomic E-state index is 10.8. The Labute approximate surface area is 116 Å². The lowest BCUT2D eigenvalue weighted by atomic mass is 10.3. The standard InChI is InChI=1S/C12H9BrN2O2S/c13-8-3-1-2-4-10(8)18-11-9(14)5-7(6-15-11)12(16)17/h1-6H,14H2,(H,16,17). The fourth-order valence-electron chi connectivity index (χ4n) is 1.30. The third-order valence-electron chi connectivity index (χ3n) is 2.17. The van der Waals surface area contributed by atoms with Gasteiger partial charge in [-0.25, -0.2) is 9.78 Å². The van der Waals surface area contributed by atoms with E-state index in [1.54, 1.807) is 0 Å². The molecule has 0 saturated heterocycles. The number of carbonyl (C=O) groups is 1. The van der Waals surface area contributed by atoms with E-state index in [2.05, 4.69) is 20.9 Å². The van der Waals surface area contributed by atoms with Crippen molar-refractivity contribution in [2.75, 3.05) is 5.73 Å². The quantitative estimate of drug-likeness (QED) is 0.906. The second kappa shape index (κ2) is 5.41. The average molecular weight is 325 g/mol. The van der Waals surface area contributed by atoms with Crippen LogP contribution in [0, 0.1) is 0 Å². The van der Waals surface area contributed by atoms with E-state index < -0.39 is 5.97 Å². The van der Waals surface area contributed by atoms with Crippen molar-refractivity contribution < 1.29 is 9.90 Å². The molecule has 92 valence electrons. The molecule has 0 bridgehead atoms. The molecule has 0 unspecified atom stereocenters. The van der Waals surface area contributed by atoms with Crippen LogP contribution in [0.25, 0.3) is 0 Å². The summed E-state index contributed by atoms with van der Waals surface area (Å²) in [6.07, 6.45) is 1.30. The molecule has 2 rings (SSSR count). The van der Waals surface area contributed by atoms with Crippen molar-refractivity contribution in [1.29, 1.82) is 0 Å². The lowest BCUT2D eigenvalue weighted by Crippen LogP contribution is -2.00. The van der Waals surface area contributed by atoms with Crippen LogP contribution in [0.1, 0.15) is 10.4 Å². The van der Waals surface area contributed by atoms with Gasteiger partial charge in [-0.15, -0.1) is 0 Å². The van der Waals surface area contributed by atoms with Crippen molar-refractivity contribution in [3.63, 3.8) is 0 Å². The Morgan fingerprint density at radius 1 is 1.39 bits per heavy atom. The predicted octanol–water partition coefficient (Wildman–Crippen LogP) is 3.28. The minimum atomic E-state index is -1.04. The smallest absolute Gasteiger partial charge is 0.337 e. The van der Waals surface area contributed by atoms with Crippen LogP contribution >= 0.6 is 27.7 Å². The fraction of sp³-hybridized carbons (Fsp3) is 0. The summed E-state index contributed by atoms with van der Waals surface area (Å²) >= 11 is 4.82. The number of aromatic nitrogens is 1. The number of carboxylic acids is 1. The number of aromatic carboxylic acids is 1. The van der Waals surface area contributed by atoms with E-state index in [9.17, 15) is 4.79 Å². The Balaban J connectivity index is 2.30. The summed E-state index contributed by atoms with van der Waals surface area (Å²) < 4.78 is 0.943. The van der Waals surface area contributed by atoms with Crippen LogP contribution in [0.15, 0.2) is 50.9 Å². The zero-order valence-electron chi connectivity index (χ0n) is 9.13. The molecular formula is C12H9BrN2O2S. The van der Waals surface area contributed by atoms with E-state index in [0.717, 1.165) is 9.37 Å². The molecular weight excluding hydrogens is 316 g/mol. The van der Waals surface area contributed by atoms with E-state index >= 15 is 0 Å². The monoisotopic (exact) mass is 324 g/mol. The number of hydrogen-bond acceptors (Lipinski definition) is 4. The molecule has 0 aliphatic carbocycles. The largest absolute Gasteiger partial charge is 0.478 e. The summed E-state index contributed by atoms with van der Waals surface area (Å²) in [6.45, 7) is 0. The van der Waals surface area contributed by atoms with Crippen molar-refractivity contribution in [2.45, 2.75) is 9.92 Å². The van der Waals surface area contributed by atoms with E-state index in [-0.39, 0.29) is 5.56 Å². The molecule has 18 heavy (non-hydrogen) atoms. The highest BCUT2D eigenvalue weighted by Gasteiger charge is 2.10. The van der Waals surface area contributed by atoms with Gasteiger partial charge in [-0.1, -0.05) is 23.9 Å². The summed E-state index contributed by atoms with van der Waals surface area (Å²) in [7, 11) is 0. The topological polar surface area (TPSA) is 76.2 Å². The average Bonchev–Trinajstić information content (AvgIpc) is 2.34. The van der Waals surface area contributed by atoms with Crippen LogP contribution in [-0.4, -0.2) is 16.1 Å². The zero-order valence-corrected chi connectivity index (χ0v) is 11.5. The van der Waals surface area contributed by atoms with Crippen LogP contribution in [0.3, 0.4) is 0 Å². The number of hydrogen-bond donors (Lipinski definition) is 2. The van der Waals surface area contributed by atoms with Crippen LogP contribution < -0.4 is 5.73 Å². The number of anilines is 1. The van der Waals surface area contributed by atoms with Gasteiger partial charge in [0.25, 0.3) is 0 Å². The summed E-state index contributed by atoms with van der Waals surface area (Å²) in [5.41, 5.74) is 6.24. The van der Waals surface area contributed by atoms with Crippen molar-refractivity contribution in [2.24, 2.45) is 0 Å². The van der Waals surface area contributed by atoms with Crippen LogP contribution in [0.2, 0.25) is 0 Å². The first kappa shape index (κ1) is 12.9. The predicted molar refractivity (Wildman–Crippen MR) is 73.9 cm³/mol. The van der Waals surface area contributed by atoms with Crippen LogP contribution in [0.5, 0.6) is 0 Å². The first-order valence-electron chi connectivity index (χ1n) is 4.99. The van der Waals surface area contributed by atoms with Crippen molar-refractivity contribution >= 4 is 39.3 Å². The second-order valence-electron chi connectivity index (χ2n) is 3.46. The van der Waals surface area contributed by atoms with Crippen molar-refractivity contribution in [3.05, 3.63) is 46.6 Å². The molecule has 0 spiro atoms. The number of rotatable bonds is 3. The highest BCUT2D eigenvalue weighted by Crippen LogP contribution is 2.34. The summed E-state index contributed by atoms with van der Waals surface area (Å²) in [6, 6.07) is 9.09. The van der Waals surface area contributed by atoms with Gasteiger partial charge in [-0.05, 0) is 34.1 Å². The maximum absolute atomic E-state index is 10.8. The molecule has 4 nitrogen and oxygen atoms in total. The van der Waals surface area contributed by atoms with Crippen LogP contribution in [-0.2, 0) is 0 Å². The molecule has 0 radical (unpaired) electrons. The number of carboxylic acid groups (broad SMARTS) is 1. The lowest BCUT2D eigenvalue weighted by molar-refractivity contribution is 0.0696. The van der Waals surface area contributed by atoms with Gasteiger partial charge in [0, 0.05) is 15.6 Å². The lowest BCUT2D eigenvalue weighted by Gasteiger charge is -2.06. The molecule has 0 fully saturated rings. The van der Waals surface area contributed by atoms with Gasteiger partial charge in [-0.3, -0.25) is 0 Å². The van der Waals surface area contributed by atoms with E-state index in [1.165, 1.54) is 24.0 Å². The Bertz CT molecular complexity index is 604. The number of pyridine rings is 1. The van der Waals surface area contributed by atoms with Gasteiger partial charge in [0.1, 0.15) is 5.03 Å². The molecule has 0 atom stereocenters. The minimum Gasteiger partial charge on any atom is -0.478 e. The first-order chi connectivity index (χ1) is 8.58. The van der Waals surface area contributed by atoms with E-state index in [1.807, 2.05) is 24.3 Å². The zero-order chi connectivity index (χ0) is 13.1. The van der Waals surface area contributed by atoms with Gasteiger partial charge in [-0.2, -0.15) is 0 Å². The van der Waals surface area contributed by atoms with Gasteiger partial charge >= 0.3 is 5.97 Å². The summed E-state index contributed by atoms with van der Waals surface area (Å²) in [5, 5.41) is 9.41. The van der Waals surface area contributed by atoms with Gasteiger partial charge in [0.15, 0.2) is 0 Å². The third-order valence-corrected chi connectivity index (χ3v) is 4.23. The Kier molecular flexibility index (Phi) is 3.88. The molecule has 1 heterocycles. The fourth-order valence-corrected chi connectivity index (χ4v) is 2.63. The molecule has 0 amide bonds. The summed E-state index contributed by atoms with van der Waals surface area (Å²) in [5.74, 6) is -1.04. The molecule has 0 aliphatic heterocycles. The molecule has 0 aliphatic rings. The number of benzene rings is 1. The third kappa shape index (κ3) is 2.83. The normalized spacial score (nSPS) is 10.3. The minimum absolute atomic E-state index is 0.0870. The van der Waals surface area contributed by atoms with Crippen LogP contribution in [0.4, 0.5) is 5.69 Å². The van der Waals surface area contributed by atoms with Gasteiger partial charge in [0.05, 0.1) is 11.3 Å². The molecule has 3 N–H and O–H groups in total. The van der Waals surface area contributed by atoms with Crippen molar-refractivity contribution in [1.82, 2.24) is 4.98 Å². The Morgan fingerprint density at radius 3 is 2.72 bits per heavy atom. The number of nitrogen functional groups attached to an aromatic ring is 1. The van der Waals surface area contributed by atoms with Gasteiger partial charge < -0.3 is 10.8 Å². The second-order valence-corrected chi connectivity index (χ2v) is 5.34. The highest BCUT2D eigenvalue weighted by atomic mass is 79.9.